The molecule has 29 heavy (non-hydrogen) atoms. The molecule has 6 nitrogen and oxygen atoms in total. The second-order valence-corrected chi connectivity index (χ2v) is 7.93. The van der Waals surface area contributed by atoms with Gasteiger partial charge in [0.2, 0.25) is 5.91 Å². The van der Waals surface area contributed by atoms with Gasteiger partial charge in [0.1, 0.15) is 24.7 Å². The van der Waals surface area contributed by atoms with Gasteiger partial charge in [0.05, 0.1) is 33.7 Å². The number of hydrogen-bond donors (Lipinski definition) is 1. The molecule has 2 aromatic carbocycles. The second-order valence-electron chi connectivity index (χ2n) is 6.35. The number of aromatic nitrogens is 3. The van der Waals surface area contributed by atoms with Crippen LogP contribution in [0, 0.1) is 0 Å². The first kappa shape index (κ1) is 19.5. The van der Waals surface area contributed by atoms with Crippen LogP contribution < -0.4 is 10.1 Å². The highest BCUT2D eigenvalue weighted by Gasteiger charge is 2.14. The number of nitrogens with zero attached hydrogens (tertiary/aromatic N) is 3. The third kappa shape index (κ3) is 4.60. The van der Waals surface area contributed by atoms with Crippen molar-refractivity contribution in [3.63, 3.8) is 0 Å². The Kier molecular flexibility index (Phi) is 6.12. The average Bonchev–Trinajstić information content (AvgIpc) is 3.36. The molecule has 0 saturated heterocycles. The predicted molar refractivity (Wildman–Crippen MR) is 118 cm³/mol. The number of fused-ring (bicyclic) bond motifs is 1. The first-order chi connectivity index (χ1) is 14.2. The van der Waals surface area contributed by atoms with Crippen molar-refractivity contribution in [3.8, 4) is 5.75 Å². The van der Waals surface area contributed by atoms with Crippen LogP contribution in [0.5, 0.6) is 5.75 Å². The quantitative estimate of drug-likeness (QED) is 0.449. The van der Waals surface area contributed by atoms with Gasteiger partial charge in [-0.2, -0.15) is 11.8 Å². The fourth-order valence-corrected chi connectivity index (χ4v) is 4.05. The smallest absolute Gasteiger partial charge is 0.244 e. The van der Waals surface area contributed by atoms with Crippen molar-refractivity contribution in [2.24, 2.45) is 0 Å². The number of carbonyl (C=O) groups excluding carboxylic acids is 1. The van der Waals surface area contributed by atoms with Crippen molar-refractivity contribution >= 4 is 45.7 Å². The number of para-hydroxylation sites is 4. The Bertz CT molecular complexity index is 1110. The molecule has 8 heteroatoms. The van der Waals surface area contributed by atoms with E-state index in [1.165, 1.54) is 11.3 Å². The van der Waals surface area contributed by atoms with Crippen LogP contribution in [0.15, 0.2) is 59.4 Å². The molecule has 2 aromatic heterocycles. The van der Waals surface area contributed by atoms with Crippen LogP contribution in [0.25, 0.3) is 11.0 Å². The van der Waals surface area contributed by atoms with E-state index in [4.69, 9.17) is 4.74 Å². The summed E-state index contributed by atoms with van der Waals surface area (Å²) in [4.78, 5) is 21.7. The maximum atomic E-state index is 12.8. The van der Waals surface area contributed by atoms with Gasteiger partial charge >= 0.3 is 0 Å². The summed E-state index contributed by atoms with van der Waals surface area (Å²) in [6, 6.07) is 15.3. The number of imidazole rings is 1. The molecule has 0 spiro atoms. The molecule has 0 radical (unpaired) electrons. The van der Waals surface area contributed by atoms with Crippen molar-refractivity contribution in [1.29, 1.82) is 0 Å². The van der Waals surface area contributed by atoms with Gasteiger partial charge in [-0.3, -0.25) is 4.79 Å². The summed E-state index contributed by atoms with van der Waals surface area (Å²) in [6.07, 6.45) is 2.03. The number of thioether (sulfide) groups is 1. The molecule has 1 amide bonds. The number of carbonyl (C=O) groups is 1. The zero-order chi connectivity index (χ0) is 20.1. The molecule has 2 heterocycles. The van der Waals surface area contributed by atoms with Crippen molar-refractivity contribution in [1.82, 2.24) is 14.5 Å². The number of thiazole rings is 1. The summed E-state index contributed by atoms with van der Waals surface area (Å²) in [5.74, 6) is 2.13. The fraction of sp³-hybridized carbons (Fsp3) is 0.190. The van der Waals surface area contributed by atoms with Crippen LogP contribution in [0.3, 0.4) is 0 Å². The van der Waals surface area contributed by atoms with Crippen LogP contribution >= 0.6 is 23.1 Å². The molecule has 4 aromatic rings. The maximum Gasteiger partial charge on any atom is 0.244 e. The Morgan fingerprint density at radius 1 is 1.21 bits per heavy atom. The van der Waals surface area contributed by atoms with E-state index in [0.717, 1.165) is 28.3 Å². The van der Waals surface area contributed by atoms with E-state index < -0.39 is 0 Å². The molecule has 0 unspecified atom stereocenters. The highest BCUT2D eigenvalue weighted by atomic mass is 32.2. The van der Waals surface area contributed by atoms with Gasteiger partial charge in [-0.15, -0.1) is 11.3 Å². The molecule has 0 bridgehead atoms. The third-order valence-electron chi connectivity index (χ3n) is 4.33. The number of nitrogens with one attached hydrogen (secondary N) is 1. The minimum Gasteiger partial charge on any atom is -0.485 e. The van der Waals surface area contributed by atoms with E-state index in [1.807, 2.05) is 64.7 Å². The molecule has 0 aliphatic rings. The van der Waals surface area contributed by atoms with Crippen molar-refractivity contribution in [2.45, 2.75) is 18.9 Å². The summed E-state index contributed by atoms with van der Waals surface area (Å²) < 4.78 is 7.83. The van der Waals surface area contributed by atoms with Gasteiger partial charge in [0.25, 0.3) is 0 Å². The summed E-state index contributed by atoms with van der Waals surface area (Å²) in [7, 11) is 0. The van der Waals surface area contributed by atoms with E-state index in [0.29, 0.717) is 18.0 Å². The molecule has 0 aliphatic heterocycles. The highest BCUT2D eigenvalue weighted by molar-refractivity contribution is 7.97. The molecule has 0 saturated carbocycles. The van der Waals surface area contributed by atoms with Gasteiger partial charge < -0.3 is 14.6 Å². The van der Waals surface area contributed by atoms with Crippen molar-refractivity contribution in [3.05, 3.63) is 70.9 Å². The predicted octanol–water partition coefficient (Wildman–Crippen LogP) is 4.57. The number of rotatable bonds is 8. The summed E-state index contributed by atoms with van der Waals surface area (Å²) >= 11 is 3.21. The Labute approximate surface area is 176 Å². The zero-order valence-electron chi connectivity index (χ0n) is 15.9. The summed E-state index contributed by atoms with van der Waals surface area (Å²) in [6.45, 7) is 0.553. The van der Waals surface area contributed by atoms with Gasteiger partial charge in [-0.25, -0.2) is 9.97 Å². The number of ether oxygens (including phenoxy) is 1. The molecule has 0 aliphatic carbocycles. The van der Waals surface area contributed by atoms with Crippen molar-refractivity contribution in [2.75, 3.05) is 11.6 Å². The van der Waals surface area contributed by atoms with Crippen molar-refractivity contribution < 1.29 is 9.53 Å². The van der Waals surface area contributed by atoms with Gasteiger partial charge in [-0.1, -0.05) is 24.3 Å². The molecule has 4 rings (SSSR count). The lowest BCUT2D eigenvalue weighted by molar-refractivity contribution is -0.116. The van der Waals surface area contributed by atoms with E-state index in [-0.39, 0.29) is 12.5 Å². The van der Waals surface area contributed by atoms with Gasteiger partial charge in [0, 0.05) is 5.38 Å². The molecular formula is C21H20N4O2S2. The Balaban J connectivity index is 1.51. The topological polar surface area (TPSA) is 69.0 Å². The third-order valence-corrected chi connectivity index (χ3v) is 5.51. The Morgan fingerprint density at radius 2 is 2.03 bits per heavy atom. The SMILES string of the molecule is CSCc1nc2ccccc2n1CC(=O)Nc1ccccc1OCc1cscn1. The van der Waals surface area contributed by atoms with Gasteiger partial charge in [0.15, 0.2) is 0 Å². The Morgan fingerprint density at radius 3 is 2.86 bits per heavy atom. The van der Waals surface area contributed by atoms with E-state index in [1.54, 1.807) is 17.3 Å². The number of benzene rings is 2. The van der Waals surface area contributed by atoms with E-state index in [9.17, 15) is 4.79 Å². The van der Waals surface area contributed by atoms with Crippen LogP contribution in [0.2, 0.25) is 0 Å². The highest BCUT2D eigenvalue weighted by Crippen LogP contribution is 2.25. The molecule has 0 atom stereocenters. The Hall–Kier alpha value is -2.84. The zero-order valence-corrected chi connectivity index (χ0v) is 17.5. The van der Waals surface area contributed by atoms with Crippen LogP contribution in [0.1, 0.15) is 11.5 Å². The van der Waals surface area contributed by atoms with Crippen LogP contribution in [-0.4, -0.2) is 26.7 Å². The number of hydrogen-bond acceptors (Lipinski definition) is 6. The monoisotopic (exact) mass is 424 g/mol. The van der Waals surface area contributed by atoms with Crippen LogP contribution in [0.4, 0.5) is 5.69 Å². The molecule has 148 valence electrons. The first-order valence-corrected chi connectivity index (χ1v) is 11.4. The summed E-state index contributed by atoms with van der Waals surface area (Å²) in [5.41, 5.74) is 5.14. The largest absolute Gasteiger partial charge is 0.485 e. The summed E-state index contributed by atoms with van der Waals surface area (Å²) in [5, 5.41) is 4.92. The van der Waals surface area contributed by atoms with E-state index in [2.05, 4.69) is 15.3 Å². The van der Waals surface area contributed by atoms with Gasteiger partial charge in [-0.05, 0) is 30.5 Å². The normalized spacial score (nSPS) is 10.9. The maximum absolute atomic E-state index is 12.8. The van der Waals surface area contributed by atoms with E-state index >= 15 is 0 Å². The number of anilines is 1. The molecular weight excluding hydrogens is 404 g/mol. The van der Waals surface area contributed by atoms with Crippen LogP contribution in [-0.2, 0) is 23.7 Å². The minimum atomic E-state index is -0.125. The fourth-order valence-electron chi connectivity index (χ4n) is 3.03. The average molecular weight is 425 g/mol. The molecule has 0 fully saturated rings. The lowest BCUT2D eigenvalue weighted by Gasteiger charge is -2.13. The lowest BCUT2D eigenvalue weighted by atomic mass is 10.3. The standard InChI is InChI=1S/C21H20N4O2S2/c1-28-13-20-23-16-6-2-4-8-18(16)25(20)10-21(26)24-17-7-3-5-9-19(17)27-11-15-12-29-14-22-15/h2-9,12,14H,10-11,13H2,1H3,(H,24,26). The second kappa shape index (κ2) is 9.11. The number of amides is 1. The lowest BCUT2D eigenvalue weighted by Crippen LogP contribution is -2.20. The molecule has 1 N–H and O–H groups in total. The minimum absolute atomic E-state index is 0.125. The first-order valence-electron chi connectivity index (χ1n) is 9.06.